The Morgan fingerprint density at radius 2 is 1.74 bits per heavy atom. The van der Waals surface area contributed by atoms with Gasteiger partial charge in [-0.05, 0) is 44.0 Å². The number of carbonyl (C=O) groups is 2. The maximum absolute atomic E-state index is 12.7. The Bertz CT molecular complexity index is 1000. The predicted octanol–water partition coefficient (Wildman–Crippen LogP) is 3.63. The molecule has 1 N–H and O–H groups in total. The van der Waals surface area contributed by atoms with Crippen LogP contribution in [-0.4, -0.2) is 43.0 Å². The fourth-order valence-electron chi connectivity index (χ4n) is 3.27. The fourth-order valence-corrected chi connectivity index (χ4v) is 3.27. The number of carbonyl (C=O) groups excluding carboxylic acids is 2. The van der Waals surface area contributed by atoms with Crippen molar-refractivity contribution in [3.63, 3.8) is 0 Å². The minimum absolute atomic E-state index is 0.0675. The predicted molar refractivity (Wildman–Crippen MR) is 118 cm³/mol. The second-order valence-electron chi connectivity index (χ2n) is 6.97. The van der Waals surface area contributed by atoms with Gasteiger partial charge in [0.05, 0.1) is 12.3 Å². The molecule has 2 aromatic rings. The Labute approximate surface area is 181 Å². The van der Waals surface area contributed by atoms with Gasteiger partial charge in [0.1, 0.15) is 23.1 Å². The van der Waals surface area contributed by atoms with E-state index in [0.717, 1.165) is 25.9 Å². The van der Waals surface area contributed by atoms with Crippen molar-refractivity contribution in [2.24, 2.45) is 0 Å². The summed E-state index contributed by atoms with van der Waals surface area (Å²) in [4.78, 5) is 26.7. The summed E-state index contributed by atoms with van der Waals surface area (Å²) in [5.74, 6) is 0.338. The van der Waals surface area contributed by atoms with Crippen LogP contribution in [0.3, 0.4) is 0 Å². The van der Waals surface area contributed by atoms with Crippen LogP contribution in [-0.2, 0) is 9.59 Å². The third kappa shape index (κ3) is 5.86. The number of amides is 2. The lowest BCUT2D eigenvalue weighted by atomic mass is 10.1. The monoisotopic (exact) mass is 419 g/mol. The van der Waals surface area contributed by atoms with Crippen LogP contribution in [0.2, 0.25) is 0 Å². The number of nitrogens with one attached hydrogen (secondary N) is 1. The van der Waals surface area contributed by atoms with Gasteiger partial charge >= 0.3 is 0 Å². The molecule has 0 bridgehead atoms. The molecule has 7 heteroatoms. The fraction of sp³-hybridized carbons (Fsp3) is 0.292. The van der Waals surface area contributed by atoms with E-state index in [9.17, 15) is 14.9 Å². The van der Waals surface area contributed by atoms with Crippen molar-refractivity contribution in [3.8, 4) is 17.6 Å². The largest absolute Gasteiger partial charge is 0.492 e. The minimum atomic E-state index is -0.558. The highest BCUT2D eigenvalue weighted by molar-refractivity contribution is 6.10. The number of hydrogen-bond acceptors (Lipinski definition) is 5. The van der Waals surface area contributed by atoms with Crippen LogP contribution in [0.25, 0.3) is 6.08 Å². The first kappa shape index (κ1) is 21.9. The van der Waals surface area contributed by atoms with Gasteiger partial charge in [-0.1, -0.05) is 30.3 Å². The van der Waals surface area contributed by atoms with Gasteiger partial charge in [-0.25, -0.2) is 0 Å². The molecule has 0 aromatic heterocycles. The summed E-state index contributed by atoms with van der Waals surface area (Å²) < 4.78 is 11.2. The Morgan fingerprint density at radius 1 is 1.06 bits per heavy atom. The quantitative estimate of drug-likeness (QED) is 0.521. The van der Waals surface area contributed by atoms with E-state index in [0.29, 0.717) is 29.4 Å². The lowest BCUT2D eigenvalue weighted by molar-refractivity contribution is -0.132. The van der Waals surface area contributed by atoms with Gasteiger partial charge in [0, 0.05) is 18.7 Å². The molecule has 0 aliphatic carbocycles. The smallest absolute Gasteiger partial charge is 0.266 e. The summed E-state index contributed by atoms with van der Waals surface area (Å²) in [6.07, 6.45) is 3.48. The Balaban J connectivity index is 1.74. The molecule has 7 nitrogen and oxygen atoms in total. The Kier molecular flexibility index (Phi) is 7.66. The van der Waals surface area contributed by atoms with Crippen molar-refractivity contribution in [1.29, 1.82) is 5.26 Å². The number of hydrogen-bond donors (Lipinski definition) is 1. The summed E-state index contributed by atoms with van der Waals surface area (Å²) in [6.45, 7) is 3.73. The molecule has 31 heavy (non-hydrogen) atoms. The molecule has 2 aromatic carbocycles. The normalized spacial score (nSPS) is 13.4. The Morgan fingerprint density at radius 3 is 2.45 bits per heavy atom. The van der Waals surface area contributed by atoms with Crippen LogP contribution in [0.4, 0.5) is 5.69 Å². The highest BCUT2D eigenvalue weighted by Crippen LogP contribution is 2.25. The highest BCUT2D eigenvalue weighted by atomic mass is 16.5. The lowest BCUT2D eigenvalue weighted by Crippen LogP contribution is -2.32. The zero-order valence-electron chi connectivity index (χ0n) is 17.5. The molecule has 0 saturated carbocycles. The van der Waals surface area contributed by atoms with Crippen LogP contribution in [0, 0.1) is 11.3 Å². The average Bonchev–Trinajstić information content (AvgIpc) is 3.33. The van der Waals surface area contributed by atoms with E-state index >= 15 is 0 Å². The van der Waals surface area contributed by atoms with Crippen molar-refractivity contribution in [2.75, 3.05) is 31.6 Å². The summed E-state index contributed by atoms with van der Waals surface area (Å²) in [7, 11) is 0. The zero-order valence-corrected chi connectivity index (χ0v) is 17.5. The van der Waals surface area contributed by atoms with E-state index in [1.807, 2.05) is 13.0 Å². The van der Waals surface area contributed by atoms with Gasteiger partial charge in [0.25, 0.3) is 11.8 Å². The SMILES string of the molecule is CCOc1ccccc1NC(=O)/C(C#N)=C/c1ccccc1OCC(=O)N1CCCC1. The van der Waals surface area contributed by atoms with Gasteiger partial charge < -0.3 is 19.7 Å². The number of para-hydroxylation sites is 3. The number of nitrogens with zero attached hydrogens (tertiary/aromatic N) is 2. The maximum atomic E-state index is 12.7. The first-order valence-corrected chi connectivity index (χ1v) is 10.3. The number of benzene rings is 2. The third-order valence-electron chi connectivity index (χ3n) is 4.83. The molecule has 0 radical (unpaired) electrons. The number of ether oxygens (including phenoxy) is 2. The summed E-state index contributed by atoms with van der Waals surface area (Å²) in [6, 6.07) is 16.0. The van der Waals surface area contributed by atoms with Gasteiger partial charge in [-0.2, -0.15) is 5.26 Å². The first-order valence-electron chi connectivity index (χ1n) is 10.3. The van der Waals surface area contributed by atoms with Gasteiger partial charge in [0.15, 0.2) is 6.61 Å². The van der Waals surface area contributed by atoms with E-state index in [2.05, 4.69) is 5.32 Å². The standard InChI is InChI=1S/C24H25N3O4/c1-2-30-22-12-6-4-10-20(22)26-24(29)19(16-25)15-18-9-3-5-11-21(18)31-17-23(28)27-13-7-8-14-27/h3-6,9-12,15H,2,7-8,13-14,17H2,1H3,(H,26,29)/b19-15+. The Hall–Kier alpha value is -3.79. The first-order chi connectivity index (χ1) is 15.1. The molecular weight excluding hydrogens is 394 g/mol. The van der Waals surface area contributed by atoms with Crippen molar-refractivity contribution in [2.45, 2.75) is 19.8 Å². The minimum Gasteiger partial charge on any atom is -0.492 e. The lowest BCUT2D eigenvalue weighted by Gasteiger charge is -2.16. The van der Waals surface area contributed by atoms with Crippen LogP contribution in [0.1, 0.15) is 25.3 Å². The van der Waals surface area contributed by atoms with Gasteiger partial charge in [-0.15, -0.1) is 0 Å². The number of likely N-dealkylation sites (tertiary alicyclic amines) is 1. The van der Waals surface area contributed by atoms with Crippen molar-refractivity contribution < 1.29 is 19.1 Å². The highest BCUT2D eigenvalue weighted by Gasteiger charge is 2.19. The van der Waals surface area contributed by atoms with Crippen molar-refractivity contribution in [1.82, 2.24) is 4.90 Å². The van der Waals surface area contributed by atoms with Crippen molar-refractivity contribution >= 4 is 23.6 Å². The molecule has 0 atom stereocenters. The molecule has 160 valence electrons. The summed E-state index contributed by atoms with van der Waals surface area (Å²) in [5.41, 5.74) is 0.936. The number of nitriles is 1. The van der Waals surface area contributed by atoms with E-state index in [1.165, 1.54) is 6.08 Å². The topological polar surface area (TPSA) is 91.7 Å². The van der Waals surface area contributed by atoms with E-state index < -0.39 is 5.91 Å². The molecule has 0 spiro atoms. The molecular formula is C24H25N3O4. The van der Waals surface area contributed by atoms with Gasteiger partial charge in [-0.3, -0.25) is 9.59 Å². The van der Waals surface area contributed by atoms with Crippen LogP contribution < -0.4 is 14.8 Å². The zero-order chi connectivity index (χ0) is 22.1. The summed E-state index contributed by atoms with van der Waals surface area (Å²) >= 11 is 0. The molecule has 1 heterocycles. The van der Waals surface area contributed by atoms with Crippen molar-refractivity contribution in [3.05, 3.63) is 59.7 Å². The second kappa shape index (κ2) is 10.8. The third-order valence-corrected chi connectivity index (χ3v) is 4.83. The van der Waals surface area contributed by atoms with Gasteiger partial charge in [0.2, 0.25) is 0 Å². The second-order valence-corrected chi connectivity index (χ2v) is 6.97. The molecule has 1 fully saturated rings. The van der Waals surface area contributed by atoms with E-state index in [-0.39, 0.29) is 18.1 Å². The average molecular weight is 419 g/mol. The molecule has 2 amide bonds. The van der Waals surface area contributed by atoms with Crippen LogP contribution in [0.5, 0.6) is 11.5 Å². The number of rotatable bonds is 8. The maximum Gasteiger partial charge on any atom is 0.266 e. The number of anilines is 1. The molecule has 1 saturated heterocycles. The van der Waals surface area contributed by atoms with E-state index in [4.69, 9.17) is 9.47 Å². The molecule has 3 rings (SSSR count). The molecule has 1 aliphatic rings. The van der Waals surface area contributed by atoms with Crippen LogP contribution >= 0.6 is 0 Å². The molecule has 1 aliphatic heterocycles. The molecule has 0 unspecified atom stereocenters. The summed E-state index contributed by atoms with van der Waals surface area (Å²) in [5, 5.41) is 12.3. The van der Waals surface area contributed by atoms with Crippen LogP contribution in [0.15, 0.2) is 54.1 Å². The van der Waals surface area contributed by atoms with E-state index in [1.54, 1.807) is 53.4 Å².